The molecular formula is C13H17ClF3NO. The van der Waals surface area contributed by atoms with Crippen LogP contribution in [0.2, 0.25) is 5.02 Å². The molecule has 19 heavy (non-hydrogen) atoms. The molecule has 0 aliphatic carbocycles. The third-order valence-electron chi connectivity index (χ3n) is 2.22. The Morgan fingerprint density at radius 1 is 1.21 bits per heavy atom. The average Bonchev–Trinajstić information content (AvgIpc) is 2.29. The molecule has 2 nitrogen and oxygen atoms in total. The number of primary amides is 1. The fourth-order valence-corrected chi connectivity index (χ4v) is 1.48. The van der Waals surface area contributed by atoms with Crippen molar-refractivity contribution in [3.63, 3.8) is 0 Å². The molecule has 0 aliphatic heterocycles. The lowest BCUT2D eigenvalue weighted by molar-refractivity contribution is -0.137. The van der Waals surface area contributed by atoms with Gasteiger partial charge in [-0.25, -0.2) is 0 Å². The number of amides is 1. The standard InChI is InChI=1S/C8H5ClF3NO.C5H12/c9-6-2-4(7(13)14)1-5(3-6)8(10,11)12;1-3-5-4-2/h1-3H,(H2,13,14);3-5H2,1-2H3. The maximum atomic E-state index is 12.2. The van der Waals surface area contributed by atoms with Gasteiger partial charge in [0, 0.05) is 10.6 Å². The summed E-state index contributed by atoms with van der Waals surface area (Å²) in [4.78, 5) is 10.6. The molecule has 1 rings (SSSR count). The number of unbranched alkanes of at least 4 members (excludes halogenated alkanes) is 2. The van der Waals surface area contributed by atoms with E-state index in [1.807, 2.05) is 0 Å². The molecule has 0 spiro atoms. The number of benzene rings is 1. The van der Waals surface area contributed by atoms with Crippen molar-refractivity contribution in [3.05, 3.63) is 34.3 Å². The van der Waals surface area contributed by atoms with Crippen molar-refractivity contribution < 1.29 is 18.0 Å². The fraction of sp³-hybridized carbons (Fsp3) is 0.462. The number of halogens is 4. The van der Waals surface area contributed by atoms with E-state index in [4.69, 9.17) is 17.3 Å². The number of hydrogen-bond acceptors (Lipinski definition) is 1. The van der Waals surface area contributed by atoms with Crippen molar-refractivity contribution in [2.45, 2.75) is 39.3 Å². The highest BCUT2D eigenvalue weighted by Gasteiger charge is 2.31. The van der Waals surface area contributed by atoms with Crippen LogP contribution in [0.1, 0.15) is 49.0 Å². The molecule has 6 heteroatoms. The number of carbonyl (C=O) groups excluding carboxylic acids is 1. The molecule has 0 aromatic heterocycles. The van der Waals surface area contributed by atoms with E-state index >= 15 is 0 Å². The average molecular weight is 296 g/mol. The smallest absolute Gasteiger partial charge is 0.366 e. The fourth-order valence-electron chi connectivity index (χ4n) is 1.25. The maximum absolute atomic E-state index is 12.2. The van der Waals surface area contributed by atoms with E-state index in [1.165, 1.54) is 19.3 Å². The minimum absolute atomic E-state index is 0.173. The van der Waals surface area contributed by atoms with Gasteiger partial charge < -0.3 is 5.73 Å². The van der Waals surface area contributed by atoms with Gasteiger partial charge in [-0.1, -0.05) is 44.7 Å². The second kappa shape index (κ2) is 8.04. The zero-order chi connectivity index (χ0) is 15.1. The Morgan fingerprint density at radius 3 is 2.05 bits per heavy atom. The van der Waals surface area contributed by atoms with Crippen LogP contribution in [0.5, 0.6) is 0 Å². The lowest BCUT2D eigenvalue weighted by Gasteiger charge is -2.07. The maximum Gasteiger partial charge on any atom is 0.416 e. The Balaban J connectivity index is 0.000000555. The summed E-state index contributed by atoms with van der Waals surface area (Å²) in [6.45, 7) is 4.42. The van der Waals surface area contributed by atoms with Crippen LogP contribution in [0.25, 0.3) is 0 Å². The van der Waals surface area contributed by atoms with Crippen LogP contribution in [0.4, 0.5) is 13.2 Å². The lowest BCUT2D eigenvalue weighted by atomic mass is 10.1. The number of nitrogens with two attached hydrogens (primary N) is 1. The van der Waals surface area contributed by atoms with E-state index in [2.05, 4.69) is 13.8 Å². The van der Waals surface area contributed by atoms with Gasteiger partial charge in [0.25, 0.3) is 0 Å². The summed E-state index contributed by atoms with van der Waals surface area (Å²) < 4.78 is 36.6. The molecule has 0 bridgehead atoms. The summed E-state index contributed by atoms with van der Waals surface area (Å²) in [5, 5.41) is -0.173. The first-order chi connectivity index (χ1) is 8.72. The minimum Gasteiger partial charge on any atom is -0.366 e. The molecule has 0 atom stereocenters. The van der Waals surface area contributed by atoms with Gasteiger partial charge in [-0.15, -0.1) is 0 Å². The van der Waals surface area contributed by atoms with Gasteiger partial charge in [0.2, 0.25) is 5.91 Å². The van der Waals surface area contributed by atoms with Gasteiger partial charge in [0.1, 0.15) is 0 Å². The Hall–Kier alpha value is -1.23. The van der Waals surface area contributed by atoms with Crippen molar-refractivity contribution in [1.29, 1.82) is 0 Å². The SMILES string of the molecule is CCCCC.NC(=O)c1cc(Cl)cc(C(F)(F)F)c1. The monoisotopic (exact) mass is 295 g/mol. The molecule has 0 saturated carbocycles. The summed E-state index contributed by atoms with van der Waals surface area (Å²) in [5.41, 5.74) is 3.58. The summed E-state index contributed by atoms with van der Waals surface area (Å²) >= 11 is 5.39. The third-order valence-corrected chi connectivity index (χ3v) is 2.43. The van der Waals surface area contributed by atoms with Gasteiger partial charge in [-0.05, 0) is 18.2 Å². The Kier molecular flexibility index (Phi) is 7.52. The van der Waals surface area contributed by atoms with Gasteiger partial charge in [-0.3, -0.25) is 4.79 Å². The molecule has 0 aliphatic rings. The number of hydrogen-bond donors (Lipinski definition) is 1. The van der Waals surface area contributed by atoms with Crippen LogP contribution < -0.4 is 5.73 Å². The highest BCUT2D eigenvalue weighted by atomic mass is 35.5. The van der Waals surface area contributed by atoms with Crippen LogP contribution in [0.15, 0.2) is 18.2 Å². The van der Waals surface area contributed by atoms with E-state index in [-0.39, 0.29) is 10.6 Å². The number of alkyl halides is 3. The normalized spacial score (nSPS) is 10.6. The van der Waals surface area contributed by atoms with Gasteiger partial charge in [0.15, 0.2) is 0 Å². The Bertz CT molecular complexity index is 417. The van der Waals surface area contributed by atoms with E-state index in [0.717, 1.165) is 12.1 Å². The van der Waals surface area contributed by atoms with E-state index in [9.17, 15) is 18.0 Å². The zero-order valence-electron chi connectivity index (χ0n) is 10.9. The molecule has 0 radical (unpaired) electrons. The molecule has 0 unspecified atom stereocenters. The molecule has 1 aromatic rings. The van der Waals surface area contributed by atoms with Gasteiger partial charge >= 0.3 is 6.18 Å². The van der Waals surface area contributed by atoms with Gasteiger partial charge in [-0.2, -0.15) is 13.2 Å². The topological polar surface area (TPSA) is 43.1 Å². The summed E-state index contributed by atoms with van der Waals surface area (Å²) in [7, 11) is 0. The van der Waals surface area contributed by atoms with Crippen molar-refractivity contribution in [1.82, 2.24) is 0 Å². The van der Waals surface area contributed by atoms with E-state index < -0.39 is 17.6 Å². The van der Waals surface area contributed by atoms with Crippen molar-refractivity contribution >= 4 is 17.5 Å². The first-order valence-electron chi connectivity index (χ1n) is 5.89. The van der Waals surface area contributed by atoms with Crippen molar-refractivity contribution in [2.24, 2.45) is 5.73 Å². The summed E-state index contributed by atoms with van der Waals surface area (Å²) in [6.07, 6.45) is -0.456. The molecule has 0 heterocycles. The van der Waals surface area contributed by atoms with Crippen LogP contribution in [-0.2, 0) is 6.18 Å². The predicted octanol–water partition coefficient (Wildman–Crippen LogP) is 4.65. The van der Waals surface area contributed by atoms with E-state index in [0.29, 0.717) is 6.07 Å². The molecule has 1 amide bonds. The number of rotatable bonds is 3. The van der Waals surface area contributed by atoms with E-state index in [1.54, 1.807) is 0 Å². The molecule has 0 saturated heterocycles. The first kappa shape index (κ1) is 17.8. The highest BCUT2D eigenvalue weighted by molar-refractivity contribution is 6.31. The summed E-state index contributed by atoms with van der Waals surface area (Å²) in [6, 6.07) is 2.47. The van der Waals surface area contributed by atoms with Crippen LogP contribution in [0.3, 0.4) is 0 Å². The van der Waals surface area contributed by atoms with Crippen LogP contribution in [-0.4, -0.2) is 5.91 Å². The molecule has 1 aromatic carbocycles. The minimum atomic E-state index is -4.53. The van der Waals surface area contributed by atoms with Crippen molar-refractivity contribution in [3.8, 4) is 0 Å². The predicted molar refractivity (Wildman–Crippen MR) is 70.2 cm³/mol. The highest BCUT2D eigenvalue weighted by Crippen LogP contribution is 2.31. The largest absolute Gasteiger partial charge is 0.416 e. The molecule has 108 valence electrons. The zero-order valence-corrected chi connectivity index (χ0v) is 11.6. The Morgan fingerprint density at radius 2 is 1.74 bits per heavy atom. The molecule has 0 fully saturated rings. The second-order valence-corrected chi connectivity index (χ2v) is 4.38. The number of carbonyl (C=O) groups is 1. The summed E-state index contributed by atoms with van der Waals surface area (Å²) in [5.74, 6) is -0.946. The first-order valence-corrected chi connectivity index (χ1v) is 6.27. The van der Waals surface area contributed by atoms with Crippen molar-refractivity contribution in [2.75, 3.05) is 0 Å². The Labute approximate surface area is 115 Å². The van der Waals surface area contributed by atoms with Gasteiger partial charge in [0.05, 0.1) is 5.56 Å². The quantitative estimate of drug-likeness (QED) is 0.866. The van der Waals surface area contributed by atoms with Crippen LogP contribution >= 0.6 is 11.6 Å². The van der Waals surface area contributed by atoms with Crippen LogP contribution in [0, 0.1) is 0 Å². The molecule has 2 N–H and O–H groups in total. The molecular weight excluding hydrogens is 279 g/mol. The third kappa shape index (κ3) is 7.06. The lowest BCUT2D eigenvalue weighted by Crippen LogP contribution is -2.13. The second-order valence-electron chi connectivity index (χ2n) is 3.94.